The highest BCUT2D eigenvalue weighted by Gasteiger charge is 2.41. The highest BCUT2D eigenvalue weighted by molar-refractivity contribution is 5.95. The molecule has 1 atom stereocenters. The predicted octanol–water partition coefficient (Wildman–Crippen LogP) is 6.87. The van der Waals surface area contributed by atoms with Crippen LogP contribution in [0.4, 0.5) is 0 Å². The molecule has 0 spiro atoms. The standard InChI is InChI=1S/C32H58O7/c1-15-26(33)31(13,14)36-18-17-28(7,8)38-23-32(19-24(3)4,22-35-25(5)6)20-29(9,10)37-21-30(11,12)39-27(34)16-2/h15-16,24-25H,1-2,17-23H2,3-14H3. The van der Waals surface area contributed by atoms with Gasteiger partial charge in [0.05, 0.1) is 43.7 Å². The van der Waals surface area contributed by atoms with E-state index in [1.54, 1.807) is 13.8 Å². The lowest BCUT2D eigenvalue weighted by Crippen LogP contribution is -2.46. The van der Waals surface area contributed by atoms with Gasteiger partial charge < -0.3 is 23.7 Å². The van der Waals surface area contributed by atoms with E-state index in [0.29, 0.717) is 38.6 Å². The third kappa shape index (κ3) is 15.7. The Balaban J connectivity index is 5.71. The van der Waals surface area contributed by atoms with Crippen LogP contribution in [0.5, 0.6) is 0 Å². The van der Waals surface area contributed by atoms with Crippen LogP contribution in [-0.2, 0) is 33.3 Å². The van der Waals surface area contributed by atoms with Crippen molar-refractivity contribution in [1.82, 2.24) is 0 Å². The van der Waals surface area contributed by atoms with Gasteiger partial charge in [-0.1, -0.05) is 27.0 Å². The Bertz CT molecular complexity index is 792. The molecule has 7 heteroatoms. The lowest BCUT2D eigenvalue weighted by molar-refractivity contribution is -0.172. The Morgan fingerprint density at radius 1 is 0.744 bits per heavy atom. The Labute approximate surface area is 239 Å². The van der Waals surface area contributed by atoms with Gasteiger partial charge in [0.1, 0.15) is 11.2 Å². The third-order valence-corrected chi connectivity index (χ3v) is 6.43. The maximum Gasteiger partial charge on any atom is 0.330 e. The van der Waals surface area contributed by atoms with E-state index in [1.165, 1.54) is 6.08 Å². The molecular formula is C32H58O7. The second-order valence-electron chi connectivity index (χ2n) is 13.8. The van der Waals surface area contributed by atoms with Gasteiger partial charge in [-0.3, -0.25) is 4.79 Å². The summed E-state index contributed by atoms with van der Waals surface area (Å²) >= 11 is 0. The summed E-state index contributed by atoms with van der Waals surface area (Å²) in [5, 5.41) is 0. The topological polar surface area (TPSA) is 80.3 Å². The van der Waals surface area contributed by atoms with Crippen molar-refractivity contribution < 1.29 is 33.3 Å². The zero-order valence-corrected chi connectivity index (χ0v) is 27.0. The van der Waals surface area contributed by atoms with Gasteiger partial charge in [-0.25, -0.2) is 4.79 Å². The molecule has 0 amide bonds. The maximum absolute atomic E-state index is 12.1. The van der Waals surface area contributed by atoms with Crippen molar-refractivity contribution in [1.29, 1.82) is 0 Å². The molecule has 228 valence electrons. The Hall–Kier alpha value is -1.54. The number of hydrogen-bond acceptors (Lipinski definition) is 7. The quantitative estimate of drug-likeness (QED) is 0.113. The number of carbonyl (C=O) groups excluding carboxylic acids is 2. The molecule has 7 nitrogen and oxygen atoms in total. The van der Waals surface area contributed by atoms with Gasteiger partial charge in [-0.15, -0.1) is 0 Å². The lowest BCUT2D eigenvalue weighted by atomic mass is 9.73. The average Bonchev–Trinajstić information content (AvgIpc) is 2.78. The minimum Gasteiger partial charge on any atom is -0.454 e. The summed E-state index contributed by atoms with van der Waals surface area (Å²) < 4.78 is 30.5. The van der Waals surface area contributed by atoms with Crippen LogP contribution in [0.2, 0.25) is 0 Å². The molecule has 0 aromatic heterocycles. The second kappa shape index (κ2) is 15.5. The van der Waals surface area contributed by atoms with E-state index in [1.807, 2.05) is 41.5 Å². The molecule has 0 aromatic carbocycles. The highest BCUT2D eigenvalue weighted by Crippen LogP contribution is 2.39. The van der Waals surface area contributed by atoms with Crippen molar-refractivity contribution in [2.24, 2.45) is 11.3 Å². The fourth-order valence-corrected chi connectivity index (χ4v) is 4.50. The molecule has 0 radical (unpaired) electrons. The molecule has 0 bridgehead atoms. The highest BCUT2D eigenvalue weighted by atomic mass is 16.6. The van der Waals surface area contributed by atoms with Gasteiger partial charge in [0, 0.05) is 11.5 Å². The molecule has 0 aliphatic heterocycles. The minimum absolute atomic E-state index is 0.0730. The van der Waals surface area contributed by atoms with Crippen molar-refractivity contribution >= 4 is 11.8 Å². The summed E-state index contributed by atoms with van der Waals surface area (Å²) in [5.41, 5.74) is -3.06. The Morgan fingerprint density at radius 3 is 1.79 bits per heavy atom. The van der Waals surface area contributed by atoms with E-state index in [4.69, 9.17) is 23.7 Å². The molecule has 0 N–H and O–H groups in total. The Morgan fingerprint density at radius 2 is 1.31 bits per heavy atom. The number of ketones is 1. The number of rotatable bonds is 21. The molecule has 39 heavy (non-hydrogen) atoms. The van der Waals surface area contributed by atoms with Gasteiger partial charge in [0.15, 0.2) is 5.78 Å². The zero-order valence-electron chi connectivity index (χ0n) is 27.0. The van der Waals surface area contributed by atoms with Crippen molar-refractivity contribution in [2.75, 3.05) is 26.4 Å². The van der Waals surface area contributed by atoms with E-state index in [9.17, 15) is 9.59 Å². The van der Waals surface area contributed by atoms with Gasteiger partial charge in [-0.05, 0) is 100 Å². The summed E-state index contributed by atoms with van der Waals surface area (Å²) in [5.74, 6) is -0.215. The predicted molar refractivity (Wildman–Crippen MR) is 158 cm³/mol. The zero-order chi connectivity index (χ0) is 30.7. The van der Waals surface area contributed by atoms with Crippen LogP contribution < -0.4 is 0 Å². The van der Waals surface area contributed by atoms with Gasteiger partial charge in [0.25, 0.3) is 0 Å². The molecule has 0 heterocycles. The third-order valence-electron chi connectivity index (χ3n) is 6.43. The molecular weight excluding hydrogens is 496 g/mol. The number of ether oxygens (including phenoxy) is 5. The summed E-state index contributed by atoms with van der Waals surface area (Å²) in [7, 11) is 0. The van der Waals surface area contributed by atoms with Crippen LogP contribution in [0, 0.1) is 11.3 Å². The molecule has 0 aliphatic carbocycles. The lowest BCUT2D eigenvalue weighted by Gasteiger charge is -2.43. The molecule has 0 rings (SSSR count). The maximum atomic E-state index is 12.1. The van der Waals surface area contributed by atoms with Gasteiger partial charge in [-0.2, -0.15) is 0 Å². The SMILES string of the molecule is C=CC(=O)OC(C)(C)COC(C)(C)CC(COC(C)C)(COC(C)(C)CCOC(C)(C)C(=O)C=C)CC(C)C. The summed E-state index contributed by atoms with van der Waals surface area (Å²) in [6.07, 6.45) is 4.71. The normalized spacial score (nSPS) is 14.8. The van der Waals surface area contributed by atoms with Crippen molar-refractivity contribution in [3.05, 3.63) is 25.3 Å². The van der Waals surface area contributed by atoms with Crippen LogP contribution >= 0.6 is 0 Å². The molecule has 0 fully saturated rings. The first-order valence-electron chi connectivity index (χ1n) is 14.2. The average molecular weight is 555 g/mol. The van der Waals surface area contributed by atoms with Crippen molar-refractivity contribution in [3.63, 3.8) is 0 Å². The number of esters is 1. The largest absolute Gasteiger partial charge is 0.454 e. The van der Waals surface area contributed by atoms with E-state index >= 15 is 0 Å². The molecule has 0 saturated carbocycles. The first-order valence-corrected chi connectivity index (χ1v) is 14.2. The number of carbonyl (C=O) groups is 2. The summed E-state index contributed by atoms with van der Waals surface area (Å²) in [6, 6.07) is 0. The van der Waals surface area contributed by atoms with Crippen molar-refractivity contribution in [2.45, 2.75) is 131 Å². The van der Waals surface area contributed by atoms with Crippen LogP contribution in [0.25, 0.3) is 0 Å². The fourth-order valence-electron chi connectivity index (χ4n) is 4.50. The van der Waals surface area contributed by atoms with E-state index < -0.39 is 28.4 Å². The Kier molecular flexibility index (Phi) is 14.8. The van der Waals surface area contributed by atoms with Gasteiger partial charge in [0.2, 0.25) is 0 Å². The first-order chi connectivity index (χ1) is 17.6. The molecule has 0 saturated heterocycles. The smallest absolute Gasteiger partial charge is 0.330 e. The van der Waals surface area contributed by atoms with E-state index in [0.717, 1.165) is 12.5 Å². The number of hydrogen-bond donors (Lipinski definition) is 0. The van der Waals surface area contributed by atoms with Crippen LogP contribution in [0.15, 0.2) is 25.3 Å². The molecule has 1 unspecified atom stereocenters. The minimum atomic E-state index is -0.917. The van der Waals surface area contributed by atoms with Crippen LogP contribution in [0.3, 0.4) is 0 Å². The first kappa shape index (κ1) is 37.5. The fraction of sp³-hybridized carbons (Fsp3) is 0.812. The molecule has 0 aromatic rings. The van der Waals surface area contributed by atoms with E-state index in [2.05, 4.69) is 40.9 Å². The summed E-state index contributed by atoms with van der Waals surface area (Å²) in [6.45, 7) is 32.5. The van der Waals surface area contributed by atoms with Crippen molar-refractivity contribution in [3.8, 4) is 0 Å². The van der Waals surface area contributed by atoms with E-state index in [-0.39, 0.29) is 23.9 Å². The summed E-state index contributed by atoms with van der Waals surface area (Å²) in [4.78, 5) is 23.8. The van der Waals surface area contributed by atoms with Crippen LogP contribution in [0.1, 0.15) is 102 Å². The van der Waals surface area contributed by atoms with Crippen LogP contribution in [-0.4, -0.2) is 66.7 Å². The second-order valence-corrected chi connectivity index (χ2v) is 13.8. The van der Waals surface area contributed by atoms with Gasteiger partial charge >= 0.3 is 5.97 Å². The molecule has 0 aliphatic rings. The monoisotopic (exact) mass is 554 g/mol.